The maximum atomic E-state index is 12.8. The first kappa shape index (κ1) is 24.0. The molecule has 0 aliphatic rings. The van der Waals surface area contributed by atoms with Crippen LogP contribution in [0, 0.1) is 6.92 Å². The molecular formula is C25H35Cl2NO. The molecule has 0 aliphatic carbocycles. The van der Waals surface area contributed by atoms with Gasteiger partial charge < -0.3 is 4.98 Å². The predicted molar refractivity (Wildman–Crippen MR) is 126 cm³/mol. The molecule has 0 saturated carbocycles. The first-order chi connectivity index (χ1) is 13.3. The highest BCUT2D eigenvalue weighted by molar-refractivity contribution is 6.44. The van der Waals surface area contributed by atoms with Crippen LogP contribution in [0.4, 0.5) is 0 Å². The zero-order chi connectivity index (χ0) is 22.1. The third-order valence-corrected chi connectivity index (χ3v) is 6.35. The highest BCUT2D eigenvalue weighted by Crippen LogP contribution is 2.36. The predicted octanol–water partition coefficient (Wildman–Crippen LogP) is 7.99. The summed E-state index contributed by atoms with van der Waals surface area (Å²) in [5.74, 6) is -0.00254. The molecule has 0 amide bonds. The molecule has 0 fully saturated rings. The Bertz CT molecular complexity index is 860. The Morgan fingerprint density at radius 1 is 0.931 bits per heavy atom. The van der Waals surface area contributed by atoms with Crippen molar-refractivity contribution in [1.29, 1.82) is 0 Å². The molecule has 4 heteroatoms. The van der Waals surface area contributed by atoms with Gasteiger partial charge in [-0.15, -0.1) is 0 Å². The Hall–Kier alpha value is -1.25. The fourth-order valence-electron chi connectivity index (χ4n) is 3.88. The molecule has 2 aromatic rings. The summed E-state index contributed by atoms with van der Waals surface area (Å²) in [6.45, 7) is 17.7. The molecule has 1 aromatic carbocycles. The second-order valence-electron chi connectivity index (χ2n) is 10.1. The minimum Gasteiger partial charge on any atom is -0.354 e. The Labute approximate surface area is 186 Å². The summed E-state index contributed by atoms with van der Waals surface area (Å²) in [5, 5.41) is 0.766. The molecule has 1 heterocycles. The number of nitrogens with one attached hydrogen (secondary N) is 1. The Balaban J connectivity index is 2.42. The van der Waals surface area contributed by atoms with Gasteiger partial charge in [0.1, 0.15) is 5.69 Å². The van der Waals surface area contributed by atoms with Gasteiger partial charge in [0.25, 0.3) is 0 Å². The van der Waals surface area contributed by atoms with Crippen molar-refractivity contribution in [2.45, 2.75) is 91.9 Å². The standard InChI is InChI=1S/C25H35Cl2NO/c1-9-10-17-18(24(3,4)5)13-16(14-19(17)25(6,7)8)11-12-20(29)23-22(27)21(26)15(2)28-23/h13-14,28H,9-12H2,1-8H3. The van der Waals surface area contributed by atoms with Gasteiger partial charge >= 0.3 is 0 Å². The maximum Gasteiger partial charge on any atom is 0.180 e. The second kappa shape index (κ2) is 8.86. The SMILES string of the molecule is CCCc1c(C(C)(C)C)cc(CCC(=O)c2[nH]c(C)c(Cl)c2Cl)cc1C(C)(C)C. The maximum absolute atomic E-state index is 12.8. The number of rotatable bonds is 6. The van der Waals surface area contributed by atoms with Crippen molar-refractivity contribution in [2.24, 2.45) is 0 Å². The van der Waals surface area contributed by atoms with Crippen LogP contribution in [-0.2, 0) is 23.7 Å². The molecule has 0 spiro atoms. The minimum atomic E-state index is -0.00254. The molecule has 1 N–H and O–H groups in total. The van der Waals surface area contributed by atoms with E-state index in [1.807, 2.05) is 6.92 Å². The zero-order valence-electron chi connectivity index (χ0n) is 19.1. The van der Waals surface area contributed by atoms with Gasteiger partial charge in [0.05, 0.1) is 10.0 Å². The number of aryl methyl sites for hydroxylation is 2. The van der Waals surface area contributed by atoms with Crippen LogP contribution in [0.25, 0.3) is 0 Å². The molecule has 0 unspecified atom stereocenters. The van der Waals surface area contributed by atoms with E-state index in [1.54, 1.807) is 0 Å². The molecule has 2 rings (SSSR count). The van der Waals surface area contributed by atoms with Crippen LogP contribution >= 0.6 is 23.2 Å². The van der Waals surface area contributed by atoms with Gasteiger partial charge in [-0.1, -0.05) is 90.2 Å². The normalized spacial score (nSPS) is 12.5. The van der Waals surface area contributed by atoms with Crippen molar-refractivity contribution >= 4 is 29.0 Å². The topological polar surface area (TPSA) is 32.9 Å². The Kier molecular flexibility index (Phi) is 7.34. The number of aromatic amines is 1. The Morgan fingerprint density at radius 3 is 1.83 bits per heavy atom. The smallest absolute Gasteiger partial charge is 0.180 e. The number of H-pyrrole nitrogens is 1. The van der Waals surface area contributed by atoms with Crippen molar-refractivity contribution in [3.63, 3.8) is 0 Å². The number of hydrogen-bond donors (Lipinski definition) is 1. The summed E-state index contributed by atoms with van der Waals surface area (Å²) in [4.78, 5) is 15.8. The fraction of sp³-hybridized carbons (Fsp3) is 0.560. The number of carbonyl (C=O) groups is 1. The van der Waals surface area contributed by atoms with Crippen molar-refractivity contribution in [2.75, 3.05) is 0 Å². The highest BCUT2D eigenvalue weighted by atomic mass is 35.5. The highest BCUT2D eigenvalue weighted by Gasteiger charge is 2.26. The molecule has 0 aliphatic heterocycles. The lowest BCUT2D eigenvalue weighted by Gasteiger charge is -2.31. The molecular weight excluding hydrogens is 401 g/mol. The molecule has 1 aromatic heterocycles. The average molecular weight is 436 g/mol. The first-order valence-corrected chi connectivity index (χ1v) is 11.3. The third kappa shape index (κ3) is 5.47. The lowest BCUT2D eigenvalue weighted by molar-refractivity contribution is 0.0978. The van der Waals surface area contributed by atoms with E-state index in [0.29, 0.717) is 28.6 Å². The molecule has 29 heavy (non-hydrogen) atoms. The molecule has 2 nitrogen and oxygen atoms in total. The van der Waals surface area contributed by atoms with E-state index in [4.69, 9.17) is 23.2 Å². The van der Waals surface area contributed by atoms with E-state index in [2.05, 4.69) is 65.6 Å². The summed E-state index contributed by atoms with van der Waals surface area (Å²) in [7, 11) is 0. The van der Waals surface area contributed by atoms with Gasteiger partial charge in [0, 0.05) is 12.1 Å². The van der Waals surface area contributed by atoms with Gasteiger partial charge in [-0.25, -0.2) is 0 Å². The molecule has 0 radical (unpaired) electrons. The van der Waals surface area contributed by atoms with Crippen LogP contribution in [0.1, 0.15) is 99.7 Å². The van der Waals surface area contributed by atoms with Crippen molar-refractivity contribution in [1.82, 2.24) is 4.98 Å². The van der Waals surface area contributed by atoms with Crippen molar-refractivity contribution in [3.8, 4) is 0 Å². The zero-order valence-corrected chi connectivity index (χ0v) is 20.7. The summed E-state index contributed by atoms with van der Waals surface area (Å²) < 4.78 is 0. The van der Waals surface area contributed by atoms with E-state index < -0.39 is 0 Å². The molecule has 160 valence electrons. The number of carbonyl (C=O) groups excluding carboxylic acids is 1. The fourth-order valence-corrected chi connectivity index (χ4v) is 4.32. The molecule has 0 bridgehead atoms. The summed E-state index contributed by atoms with van der Waals surface area (Å²) in [6.07, 6.45) is 3.28. The van der Waals surface area contributed by atoms with E-state index in [9.17, 15) is 4.79 Å². The monoisotopic (exact) mass is 435 g/mol. The number of halogens is 2. The number of hydrogen-bond acceptors (Lipinski definition) is 1. The van der Waals surface area contributed by atoms with Crippen molar-refractivity contribution in [3.05, 3.63) is 55.8 Å². The van der Waals surface area contributed by atoms with E-state index in [-0.39, 0.29) is 16.6 Å². The van der Waals surface area contributed by atoms with Crippen molar-refractivity contribution < 1.29 is 4.79 Å². The summed E-state index contributed by atoms with van der Waals surface area (Å²) >= 11 is 12.4. The number of benzene rings is 1. The van der Waals surface area contributed by atoms with E-state index in [0.717, 1.165) is 18.5 Å². The third-order valence-electron chi connectivity index (χ3n) is 5.40. The van der Waals surface area contributed by atoms with Gasteiger partial charge in [-0.2, -0.15) is 0 Å². The average Bonchev–Trinajstić information content (AvgIpc) is 2.86. The summed E-state index contributed by atoms with van der Waals surface area (Å²) in [6, 6.07) is 4.62. The van der Waals surface area contributed by atoms with Crippen LogP contribution in [0.5, 0.6) is 0 Å². The first-order valence-electron chi connectivity index (χ1n) is 10.5. The van der Waals surface area contributed by atoms with Crippen LogP contribution in [0.3, 0.4) is 0 Å². The minimum absolute atomic E-state index is 0.00254. The van der Waals surface area contributed by atoms with Gasteiger partial charge in [-0.3, -0.25) is 4.79 Å². The lowest BCUT2D eigenvalue weighted by Crippen LogP contribution is -2.22. The van der Waals surface area contributed by atoms with Gasteiger partial charge in [0.2, 0.25) is 0 Å². The van der Waals surface area contributed by atoms with Gasteiger partial charge in [0.15, 0.2) is 5.78 Å². The van der Waals surface area contributed by atoms with Crippen LogP contribution in [0.15, 0.2) is 12.1 Å². The number of Topliss-reactive ketones (excluding diaryl/α,β-unsaturated/α-hetero) is 1. The summed E-state index contributed by atoms with van der Waals surface area (Å²) in [5.41, 5.74) is 6.72. The number of aromatic nitrogens is 1. The van der Waals surface area contributed by atoms with E-state index >= 15 is 0 Å². The lowest BCUT2D eigenvalue weighted by atomic mass is 9.74. The van der Waals surface area contributed by atoms with Crippen LogP contribution in [0.2, 0.25) is 10.0 Å². The van der Waals surface area contributed by atoms with Crippen LogP contribution in [-0.4, -0.2) is 10.8 Å². The number of ketones is 1. The largest absolute Gasteiger partial charge is 0.354 e. The van der Waals surface area contributed by atoms with Crippen LogP contribution < -0.4 is 0 Å². The quantitative estimate of drug-likeness (QED) is 0.457. The second-order valence-corrected chi connectivity index (χ2v) is 10.9. The van der Waals surface area contributed by atoms with E-state index in [1.165, 1.54) is 22.3 Å². The molecule has 0 saturated heterocycles. The van der Waals surface area contributed by atoms with Gasteiger partial charge in [-0.05, 0) is 52.8 Å². The molecule has 0 atom stereocenters. The Morgan fingerprint density at radius 2 is 1.45 bits per heavy atom.